The number of carbonyl (C=O) groups is 1. The highest BCUT2D eigenvalue weighted by Gasteiger charge is 2.20. The number of nitrogens with zero attached hydrogens (tertiary/aromatic N) is 4. The number of nitro benzene ring substituents is 1. The van der Waals surface area contributed by atoms with E-state index in [0.29, 0.717) is 11.0 Å². The second-order valence-electron chi connectivity index (χ2n) is 6.42. The van der Waals surface area contributed by atoms with Crippen molar-refractivity contribution < 1.29 is 14.1 Å². The minimum atomic E-state index is -0.550. The van der Waals surface area contributed by atoms with E-state index >= 15 is 0 Å². The fraction of sp³-hybridized carbons (Fsp3) is 0.278. The summed E-state index contributed by atoms with van der Waals surface area (Å²) in [5, 5.41) is 22.8. The Kier molecular flexibility index (Phi) is 6.23. The average molecular weight is 436 g/mol. The van der Waals surface area contributed by atoms with Crippen LogP contribution in [-0.4, -0.2) is 31.3 Å². The van der Waals surface area contributed by atoms with Gasteiger partial charge < -0.3 is 9.73 Å². The zero-order chi connectivity index (χ0) is 21.1. The lowest BCUT2D eigenvalue weighted by Gasteiger charge is -2.13. The number of rotatable bonds is 7. The molecule has 2 aromatic heterocycles. The molecule has 0 saturated heterocycles. The number of hydrogen-bond donors (Lipinski definition) is 1. The quantitative estimate of drug-likeness (QED) is 0.324. The van der Waals surface area contributed by atoms with Crippen molar-refractivity contribution in [3.63, 3.8) is 0 Å². The van der Waals surface area contributed by atoms with Crippen molar-refractivity contribution in [1.82, 2.24) is 14.8 Å². The Morgan fingerprint density at radius 3 is 2.76 bits per heavy atom. The Morgan fingerprint density at radius 1 is 1.38 bits per heavy atom. The van der Waals surface area contributed by atoms with Crippen molar-refractivity contribution in [3.05, 3.63) is 51.4 Å². The van der Waals surface area contributed by atoms with Gasteiger partial charge in [0.1, 0.15) is 5.76 Å². The van der Waals surface area contributed by atoms with E-state index in [9.17, 15) is 14.9 Å². The van der Waals surface area contributed by atoms with Crippen molar-refractivity contribution in [2.75, 3.05) is 11.1 Å². The van der Waals surface area contributed by atoms with E-state index in [-0.39, 0.29) is 34.1 Å². The Hall–Kier alpha value is -2.85. The van der Waals surface area contributed by atoms with E-state index in [1.54, 1.807) is 6.26 Å². The predicted molar refractivity (Wildman–Crippen MR) is 110 cm³/mol. The third-order valence-electron chi connectivity index (χ3n) is 4.05. The molecular formula is C18H18ClN5O4S. The highest BCUT2D eigenvalue weighted by molar-refractivity contribution is 7.99. The molecule has 0 aliphatic rings. The van der Waals surface area contributed by atoms with Gasteiger partial charge in [0.05, 0.1) is 33.2 Å². The zero-order valence-electron chi connectivity index (χ0n) is 15.9. The number of thioether (sulfide) groups is 1. The zero-order valence-corrected chi connectivity index (χ0v) is 17.5. The van der Waals surface area contributed by atoms with Gasteiger partial charge in [0, 0.05) is 18.2 Å². The third kappa shape index (κ3) is 4.60. The minimum absolute atomic E-state index is 0.0360. The van der Waals surface area contributed by atoms with Crippen LogP contribution in [0.1, 0.15) is 25.6 Å². The van der Waals surface area contributed by atoms with Crippen LogP contribution in [0, 0.1) is 17.0 Å². The van der Waals surface area contributed by atoms with Crippen molar-refractivity contribution in [1.29, 1.82) is 0 Å². The normalized spacial score (nSPS) is 11.1. The molecule has 0 fully saturated rings. The van der Waals surface area contributed by atoms with E-state index in [1.807, 2.05) is 31.4 Å². The van der Waals surface area contributed by atoms with Gasteiger partial charge in [-0.2, -0.15) is 0 Å². The number of nitrogens with one attached hydrogen (secondary N) is 1. The van der Waals surface area contributed by atoms with Crippen LogP contribution in [0.2, 0.25) is 5.02 Å². The summed E-state index contributed by atoms with van der Waals surface area (Å²) in [7, 11) is 0. The van der Waals surface area contributed by atoms with Crippen LogP contribution in [0.3, 0.4) is 0 Å². The first-order valence-electron chi connectivity index (χ1n) is 8.64. The number of aryl methyl sites for hydroxylation is 1. The summed E-state index contributed by atoms with van der Waals surface area (Å²) in [5.74, 6) is 1.07. The molecule has 0 atom stereocenters. The summed E-state index contributed by atoms with van der Waals surface area (Å²) in [5.41, 5.74) is 0.870. The van der Waals surface area contributed by atoms with Crippen LogP contribution in [0.5, 0.6) is 0 Å². The van der Waals surface area contributed by atoms with Crippen LogP contribution in [0.25, 0.3) is 11.4 Å². The standard InChI is InChI=1S/C18H18ClN5O4S/c1-10(2)23-17(13-6-7-28-11(13)3)21-22-18(23)29-9-16(25)20-15-8-12(24(26)27)4-5-14(15)19/h4-8,10H,9H2,1-3H3,(H,20,25). The number of hydrogen-bond acceptors (Lipinski definition) is 7. The van der Waals surface area contributed by atoms with Gasteiger partial charge in [-0.15, -0.1) is 10.2 Å². The SMILES string of the molecule is Cc1occc1-c1nnc(SCC(=O)Nc2cc([N+](=O)[O-])ccc2Cl)n1C(C)C. The summed E-state index contributed by atoms with van der Waals surface area (Å²) in [6.45, 7) is 5.84. The Morgan fingerprint density at radius 2 is 2.14 bits per heavy atom. The first-order valence-corrected chi connectivity index (χ1v) is 10.00. The summed E-state index contributed by atoms with van der Waals surface area (Å²) in [4.78, 5) is 22.7. The monoisotopic (exact) mass is 435 g/mol. The Balaban J connectivity index is 1.74. The molecule has 1 aromatic carbocycles. The van der Waals surface area contributed by atoms with Gasteiger partial charge in [-0.1, -0.05) is 23.4 Å². The van der Waals surface area contributed by atoms with Crippen molar-refractivity contribution in [2.24, 2.45) is 0 Å². The van der Waals surface area contributed by atoms with Crippen LogP contribution in [-0.2, 0) is 4.79 Å². The highest BCUT2D eigenvalue weighted by atomic mass is 35.5. The fourth-order valence-corrected chi connectivity index (χ4v) is 3.71. The number of carbonyl (C=O) groups excluding carboxylic acids is 1. The molecule has 0 aliphatic carbocycles. The number of furan rings is 1. The molecule has 1 N–H and O–H groups in total. The number of aromatic nitrogens is 3. The number of amides is 1. The van der Waals surface area contributed by atoms with Crippen LogP contribution in [0.4, 0.5) is 11.4 Å². The summed E-state index contributed by atoms with van der Waals surface area (Å²) < 4.78 is 7.28. The van der Waals surface area contributed by atoms with Gasteiger partial charge in [0.15, 0.2) is 11.0 Å². The first kappa shape index (κ1) is 20.9. The first-order chi connectivity index (χ1) is 13.8. The highest BCUT2D eigenvalue weighted by Crippen LogP contribution is 2.31. The Labute approximate surface area is 175 Å². The number of nitro groups is 1. The number of anilines is 1. The van der Waals surface area contributed by atoms with Gasteiger partial charge in [-0.05, 0) is 32.9 Å². The van der Waals surface area contributed by atoms with Crippen LogP contribution in [0.15, 0.2) is 40.1 Å². The molecule has 152 valence electrons. The molecular weight excluding hydrogens is 418 g/mol. The lowest BCUT2D eigenvalue weighted by molar-refractivity contribution is -0.384. The number of benzene rings is 1. The second-order valence-corrected chi connectivity index (χ2v) is 7.77. The van der Waals surface area contributed by atoms with Gasteiger partial charge in [0.25, 0.3) is 5.69 Å². The number of non-ortho nitro benzene ring substituents is 1. The molecule has 1 amide bonds. The molecule has 29 heavy (non-hydrogen) atoms. The molecule has 0 unspecified atom stereocenters. The van der Waals surface area contributed by atoms with Gasteiger partial charge >= 0.3 is 0 Å². The average Bonchev–Trinajstić information content (AvgIpc) is 3.27. The molecule has 0 saturated carbocycles. The molecule has 0 aliphatic heterocycles. The lowest BCUT2D eigenvalue weighted by Crippen LogP contribution is -2.15. The maximum absolute atomic E-state index is 12.4. The molecule has 3 aromatic rings. The molecule has 9 nitrogen and oxygen atoms in total. The molecule has 3 rings (SSSR count). The van der Waals surface area contributed by atoms with Gasteiger partial charge in [0.2, 0.25) is 5.91 Å². The topological polar surface area (TPSA) is 116 Å². The summed E-state index contributed by atoms with van der Waals surface area (Å²) in [6, 6.07) is 5.76. The van der Waals surface area contributed by atoms with Crippen molar-refractivity contribution in [2.45, 2.75) is 32.0 Å². The molecule has 0 bridgehead atoms. The Bertz CT molecular complexity index is 1060. The summed E-state index contributed by atoms with van der Waals surface area (Å²) >= 11 is 7.24. The minimum Gasteiger partial charge on any atom is -0.469 e. The van der Waals surface area contributed by atoms with E-state index in [1.165, 1.54) is 30.0 Å². The molecule has 2 heterocycles. The van der Waals surface area contributed by atoms with E-state index in [0.717, 1.165) is 11.3 Å². The van der Waals surface area contributed by atoms with Crippen LogP contribution >= 0.6 is 23.4 Å². The van der Waals surface area contributed by atoms with E-state index in [4.69, 9.17) is 16.0 Å². The van der Waals surface area contributed by atoms with Crippen molar-refractivity contribution in [3.8, 4) is 11.4 Å². The van der Waals surface area contributed by atoms with Crippen LogP contribution < -0.4 is 5.32 Å². The van der Waals surface area contributed by atoms with E-state index in [2.05, 4.69) is 15.5 Å². The smallest absolute Gasteiger partial charge is 0.271 e. The second kappa shape index (κ2) is 8.66. The largest absolute Gasteiger partial charge is 0.469 e. The van der Waals surface area contributed by atoms with Gasteiger partial charge in [-0.3, -0.25) is 19.5 Å². The fourth-order valence-electron chi connectivity index (χ4n) is 2.68. The molecule has 0 radical (unpaired) electrons. The maximum atomic E-state index is 12.4. The molecule has 11 heteroatoms. The van der Waals surface area contributed by atoms with Crippen molar-refractivity contribution >= 4 is 40.6 Å². The lowest BCUT2D eigenvalue weighted by atomic mass is 10.2. The van der Waals surface area contributed by atoms with Gasteiger partial charge in [-0.25, -0.2) is 0 Å². The maximum Gasteiger partial charge on any atom is 0.271 e. The number of halogens is 1. The van der Waals surface area contributed by atoms with E-state index < -0.39 is 4.92 Å². The summed E-state index contributed by atoms with van der Waals surface area (Å²) in [6.07, 6.45) is 1.59. The third-order valence-corrected chi connectivity index (χ3v) is 5.32. The molecule has 0 spiro atoms. The predicted octanol–water partition coefficient (Wildman–Crippen LogP) is 4.72.